The Morgan fingerprint density at radius 2 is 1.29 bits per heavy atom. The molecule has 4 aromatic carbocycles. The molecule has 0 unspecified atom stereocenters. The van der Waals surface area contributed by atoms with Crippen molar-refractivity contribution in [3.8, 4) is 0 Å². The Bertz CT molecular complexity index is 1020. The van der Waals surface area contributed by atoms with Gasteiger partial charge in [-0.25, -0.2) is 13.2 Å². The third kappa shape index (κ3) is 1.64. The topological polar surface area (TPSA) is 0 Å². The maximum atomic E-state index is 14.3. The molecule has 0 aromatic heterocycles. The van der Waals surface area contributed by atoms with Gasteiger partial charge < -0.3 is 0 Å². The van der Waals surface area contributed by atoms with Crippen LogP contribution in [0, 0.1) is 17.5 Å². The van der Waals surface area contributed by atoms with Crippen LogP contribution in [0.1, 0.15) is 0 Å². The molecule has 0 amide bonds. The summed E-state index contributed by atoms with van der Waals surface area (Å²) in [5.74, 6) is -2.92. The predicted octanol–water partition coefficient (Wildman–Crippen LogP) is 5.56. The van der Waals surface area contributed by atoms with Crippen molar-refractivity contribution < 1.29 is 13.2 Å². The molecule has 0 nitrogen and oxygen atoms in total. The fraction of sp³-hybridized carbons (Fsp3) is 0. The van der Waals surface area contributed by atoms with Crippen LogP contribution in [0.3, 0.4) is 0 Å². The first-order valence-corrected chi connectivity index (χ1v) is 6.54. The first kappa shape index (κ1) is 12.2. The molecule has 4 rings (SSSR count). The van der Waals surface area contributed by atoms with E-state index in [-0.39, 0.29) is 10.8 Å². The van der Waals surface area contributed by atoms with Crippen LogP contribution in [0.15, 0.2) is 54.6 Å². The van der Waals surface area contributed by atoms with E-state index >= 15 is 0 Å². The van der Waals surface area contributed by atoms with Gasteiger partial charge in [0.25, 0.3) is 0 Å². The highest BCUT2D eigenvalue weighted by Crippen LogP contribution is 2.35. The third-order valence-corrected chi connectivity index (χ3v) is 3.85. The fourth-order valence-electron chi connectivity index (χ4n) is 2.90. The van der Waals surface area contributed by atoms with Crippen LogP contribution in [0.4, 0.5) is 13.2 Å². The van der Waals surface area contributed by atoms with E-state index in [0.717, 1.165) is 16.2 Å². The van der Waals surface area contributed by atoms with Gasteiger partial charge in [-0.3, -0.25) is 0 Å². The van der Waals surface area contributed by atoms with Gasteiger partial charge in [-0.15, -0.1) is 0 Å². The Labute approximate surface area is 118 Å². The summed E-state index contributed by atoms with van der Waals surface area (Å²) in [5, 5.41) is 3.26. The zero-order chi connectivity index (χ0) is 14.6. The van der Waals surface area contributed by atoms with Crippen LogP contribution in [0.5, 0.6) is 0 Å². The lowest BCUT2D eigenvalue weighted by Crippen LogP contribution is -1.92. The number of hydrogen-bond donors (Lipinski definition) is 0. The fourth-order valence-corrected chi connectivity index (χ4v) is 2.90. The molecule has 102 valence electrons. The van der Waals surface area contributed by atoms with Crippen molar-refractivity contribution in [1.29, 1.82) is 0 Å². The molecule has 21 heavy (non-hydrogen) atoms. The van der Waals surface area contributed by atoms with E-state index in [1.807, 2.05) is 36.4 Å². The van der Waals surface area contributed by atoms with Crippen LogP contribution < -0.4 is 0 Å². The molecule has 0 spiro atoms. The lowest BCUT2D eigenvalue weighted by atomic mass is 9.96. The Balaban J connectivity index is 2.38. The van der Waals surface area contributed by atoms with Gasteiger partial charge in [-0.1, -0.05) is 48.5 Å². The molecular formula is C18H9F3. The van der Waals surface area contributed by atoms with Gasteiger partial charge >= 0.3 is 0 Å². The average Bonchev–Trinajstić information content (AvgIpc) is 2.51. The highest BCUT2D eigenvalue weighted by Gasteiger charge is 2.15. The summed E-state index contributed by atoms with van der Waals surface area (Å²) in [5.41, 5.74) is 0. The minimum Gasteiger partial charge on any atom is -0.206 e. The molecular weight excluding hydrogens is 273 g/mol. The minimum absolute atomic E-state index is 0.0312. The van der Waals surface area contributed by atoms with Gasteiger partial charge in [0.05, 0.1) is 0 Å². The second-order valence-electron chi connectivity index (χ2n) is 5.03. The summed E-state index contributed by atoms with van der Waals surface area (Å²) in [6, 6.07) is 15.0. The zero-order valence-electron chi connectivity index (χ0n) is 10.8. The molecule has 0 bridgehead atoms. The second kappa shape index (κ2) is 4.22. The maximum Gasteiger partial charge on any atom is 0.166 e. The SMILES string of the molecule is Fc1cc(F)c2c(ccc3ccc4ccccc4c32)c1F. The zero-order valence-corrected chi connectivity index (χ0v) is 10.8. The molecule has 0 heterocycles. The second-order valence-corrected chi connectivity index (χ2v) is 5.03. The van der Waals surface area contributed by atoms with Crippen molar-refractivity contribution in [3.63, 3.8) is 0 Å². The molecule has 0 atom stereocenters. The van der Waals surface area contributed by atoms with Gasteiger partial charge in [0.1, 0.15) is 5.82 Å². The Morgan fingerprint density at radius 3 is 2.14 bits per heavy atom. The highest BCUT2D eigenvalue weighted by molar-refractivity contribution is 6.20. The van der Waals surface area contributed by atoms with Crippen molar-refractivity contribution in [2.45, 2.75) is 0 Å². The first-order chi connectivity index (χ1) is 10.2. The Morgan fingerprint density at radius 1 is 0.571 bits per heavy atom. The normalized spacial score (nSPS) is 11.6. The Kier molecular flexibility index (Phi) is 2.45. The molecule has 0 radical (unpaired) electrons. The van der Waals surface area contributed by atoms with E-state index in [0.29, 0.717) is 11.5 Å². The van der Waals surface area contributed by atoms with E-state index in [2.05, 4.69) is 0 Å². The van der Waals surface area contributed by atoms with Gasteiger partial charge in [-0.05, 0) is 16.2 Å². The van der Waals surface area contributed by atoms with Crippen molar-refractivity contribution >= 4 is 32.3 Å². The third-order valence-electron chi connectivity index (χ3n) is 3.85. The molecule has 0 saturated carbocycles. The van der Waals surface area contributed by atoms with Crippen molar-refractivity contribution in [3.05, 3.63) is 72.0 Å². The molecule has 0 fully saturated rings. The standard InChI is InChI=1S/C18H9F3/c19-14-9-15(20)18(21)13-8-7-11-6-5-10-3-1-2-4-12(10)16(11)17(13)14/h1-9H. The van der Waals surface area contributed by atoms with E-state index in [1.165, 1.54) is 6.07 Å². The lowest BCUT2D eigenvalue weighted by molar-refractivity contribution is 0.506. The molecule has 0 N–H and O–H groups in total. The summed E-state index contributed by atoms with van der Waals surface area (Å²) >= 11 is 0. The summed E-state index contributed by atoms with van der Waals surface area (Å²) in [4.78, 5) is 0. The van der Waals surface area contributed by atoms with E-state index in [9.17, 15) is 13.2 Å². The summed E-state index contributed by atoms with van der Waals surface area (Å²) in [7, 11) is 0. The largest absolute Gasteiger partial charge is 0.206 e. The molecule has 4 aromatic rings. The highest BCUT2D eigenvalue weighted by atomic mass is 19.2. The monoisotopic (exact) mass is 282 g/mol. The number of benzene rings is 4. The molecule has 0 aliphatic carbocycles. The molecule has 0 saturated heterocycles. The van der Waals surface area contributed by atoms with Crippen LogP contribution >= 0.6 is 0 Å². The van der Waals surface area contributed by atoms with Crippen molar-refractivity contribution in [1.82, 2.24) is 0 Å². The van der Waals surface area contributed by atoms with Crippen LogP contribution in [-0.2, 0) is 0 Å². The van der Waals surface area contributed by atoms with Crippen LogP contribution in [-0.4, -0.2) is 0 Å². The summed E-state index contributed by atoms with van der Waals surface area (Å²) in [6.45, 7) is 0. The molecule has 3 heteroatoms. The van der Waals surface area contributed by atoms with E-state index in [4.69, 9.17) is 0 Å². The predicted molar refractivity (Wildman–Crippen MR) is 78.8 cm³/mol. The Hall–Kier alpha value is -2.55. The molecule has 0 aliphatic heterocycles. The van der Waals surface area contributed by atoms with Gasteiger partial charge in [0.2, 0.25) is 0 Å². The summed E-state index contributed by atoms with van der Waals surface area (Å²) in [6.07, 6.45) is 0. The first-order valence-electron chi connectivity index (χ1n) is 6.54. The van der Waals surface area contributed by atoms with E-state index < -0.39 is 17.5 Å². The lowest BCUT2D eigenvalue weighted by Gasteiger charge is -2.10. The molecule has 0 aliphatic rings. The summed E-state index contributed by atoms with van der Waals surface area (Å²) < 4.78 is 41.7. The maximum absolute atomic E-state index is 14.3. The van der Waals surface area contributed by atoms with E-state index in [1.54, 1.807) is 6.07 Å². The number of fused-ring (bicyclic) bond motifs is 5. The number of rotatable bonds is 0. The minimum atomic E-state index is -1.17. The van der Waals surface area contributed by atoms with Crippen LogP contribution in [0.2, 0.25) is 0 Å². The van der Waals surface area contributed by atoms with Crippen molar-refractivity contribution in [2.24, 2.45) is 0 Å². The van der Waals surface area contributed by atoms with Crippen LogP contribution in [0.25, 0.3) is 32.3 Å². The van der Waals surface area contributed by atoms with Gasteiger partial charge in [0.15, 0.2) is 11.6 Å². The quantitative estimate of drug-likeness (QED) is 0.292. The van der Waals surface area contributed by atoms with Gasteiger partial charge in [-0.2, -0.15) is 0 Å². The van der Waals surface area contributed by atoms with Gasteiger partial charge in [0, 0.05) is 22.2 Å². The number of hydrogen-bond acceptors (Lipinski definition) is 0. The average molecular weight is 282 g/mol. The number of halogens is 3. The van der Waals surface area contributed by atoms with Crippen molar-refractivity contribution in [2.75, 3.05) is 0 Å². The smallest absolute Gasteiger partial charge is 0.166 e.